The lowest BCUT2D eigenvalue weighted by atomic mass is 9.90. The molecular weight excluding hydrogens is 712 g/mol. The summed E-state index contributed by atoms with van der Waals surface area (Å²) in [5.74, 6) is 0.620. The van der Waals surface area contributed by atoms with E-state index in [1.54, 1.807) is 6.07 Å². The highest BCUT2D eigenvalue weighted by Gasteiger charge is 2.34. The van der Waals surface area contributed by atoms with Crippen molar-refractivity contribution in [2.45, 2.75) is 38.4 Å². The molecular formula is C36H39ClF3IN2O2. The number of halogens is 5. The Balaban J connectivity index is 0.00000271. The Bertz CT molecular complexity index is 1420. The van der Waals surface area contributed by atoms with Gasteiger partial charge in [0.25, 0.3) is 0 Å². The molecule has 0 fully saturated rings. The minimum Gasteiger partial charge on any atom is -0.494 e. The minimum absolute atomic E-state index is 0.00107. The summed E-state index contributed by atoms with van der Waals surface area (Å²) in [6, 6.07) is 31.7. The number of hydrogen-bond donors (Lipinski definition) is 1. The maximum absolute atomic E-state index is 13.6. The standard InChI is InChI=1S/C35H36ClF3N2O2.CH3I/c1-2-40-33(42)23-26-12-9-18-30(22-26)43-21-11-20-41(24-29-17-10-19-32(34(29)36)35(37,38)39)25-31(27-13-5-3-6-14-27)28-15-7-4-8-16-28;1-2/h3-10,12-19,22,31H,2,11,20-21,23-25H2,1H3,(H,40,42);1H3. The van der Waals surface area contributed by atoms with Crippen LogP contribution in [0.5, 0.6) is 5.75 Å². The van der Waals surface area contributed by atoms with Gasteiger partial charge in [0.1, 0.15) is 5.75 Å². The fourth-order valence-electron chi connectivity index (χ4n) is 5.10. The van der Waals surface area contributed by atoms with Gasteiger partial charge in [-0.2, -0.15) is 13.2 Å². The minimum atomic E-state index is -4.53. The van der Waals surface area contributed by atoms with Crippen LogP contribution in [0.25, 0.3) is 0 Å². The van der Waals surface area contributed by atoms with Gasteiger partial charge in [0, 0.05) is 32.1 Å². The van der Waals surface area contributed by atoms with E-state index in [2.05, 4.69) is 57.1 Å². The first-order valence-electron chi connectivity index (χ1n) is 14.8. The van der Waals surface area contributed by atoms with Crippen LogP contribution in [-0.4, -0.2) is 42.0 Å². The molecule has 0 bridgehead atoms. The van der Waals surface area contributed by atoms with Gasteiger partial charge in [-0.05, 0) is 58.7 Å². The summed E-state index contributed by atoms with van der Waals surface area (Å²) >= 11 is 8.47. The van der Waals surface area contributed by atoms with E-state index in [1.165, 1.54) is 6.07 Å². The summed E-state index contributed by atoms with van der Waals surface area (Å²) in [6.07, 6.45) is -3.63. The second-order valence-corrected chi connectivity index (χ2v) is 10.7. The number of amides is 1. The number of nitrogens with one attached hydrogen (secondary N) is 1. The fourth-order valence-corrected chi connectivity index (χ4v) is 5.39. The Morgan fingerprint density at radius 3 is 2.13 bits per heavy atom. The molecule has 0 saturated heterocycles. The summed E-state index contributed by atoms with van der Waals surface area (Å²) in [7, 11) is 0. The van der Waals surface area contributed by atoms with Crippen molar-refractivity contribution in [2.24, 2.45) is 0 Å². The molecule has 0 aliphatic heterocycles. The molecule has 0 aliphatic rings. The highest BCUT2D eigenvalue weighted by Crippen LogP contribution is 2.37. The van der Waals surface area contributed by atoms with E-state index in [0.29, 0.717) is 44.0 Å². The smallest absolute Gasteiger partial charge is 0.417 e. The zero-order valence-electron chi connectivity index (χ0n) is 25.5. The van der Waals surface area contributed by atoms with Gasteiger partial charge in [-0.1, -0.05) is 119 Å². The number of likely N-dealkylation sites (N-methyl/N-ethyl adjacent to an activating group) is 1. The van der Waals surface area contributed by atoms with Crippen LogP contribution in [0.3, 0.4) is 0 Å². The number of hydrogen-bond acceptors (Lipinski definition) is 3. The third-order valence-corrected chi connectivity index (χ3v) is 7.59. The number of alkyl halides is 4. The molecule has 0 radical (unpaired) electrons. The van der Waals surface area contributed by atoms with Crippen molar-refractivity contribution < 1.29 is 22.7 Å². The molecule has 240 valence electrons. The zero-order chi connectivity index (χ0) is 32.7. The summed E-state index contributed by atoms with van der Waals surface area (Å²) in [5, 5.41) is 2.53. The Kier molecular flexibility index (Phi) is 15.2. The van der Waals surface area contributed by atoms with Crippen LogP contribution >= 0.6 is 34.2 Å². The van der Waals surface area contributed by atoms with Gasteiger partial charge >= 0.3 is 6.18 Å². The van der Waals surface area contributed by atoms with Crippen LogP contribution in [0, 0.1) is 0 Å². The van der Waals surface area contributed by atoms with E-state index in [1.807, 2.05) is 72.5 Å². The molecule has 1 N–H and O–H groups in total. The summed E-state index contributed by atoms with van der Waals surface area (Å²) in [6.45, 7) is 4.25. The van der Waals surface area contributed by atoms with E-state index in [-0.39, 0.29) is 29.8 Å². The Morgan fingerprint density at radius 2 is 1.53 bits per heavy atom. The molecule has 4 nitrogen and oxygen atoms in total. The molecule has 0 spiro atoms. The average molecular weight is 751 g/mol. The normalized spacial score (nSPS) is 11.2. The maximum atomic E-state index is 13.6. The molecule has 0 saturated carbocycles. The molecule has 0 aliphatic carbocycles. The SMILES string of the molecule is CCNC(=O)Cc1cccc(OCCCN(Cc2cccc(C(F)(F)F)c2Cl)CC(c2ccccc2)c2ccccc2)c1.CI. The molecule has 0 unspecified atom stereocenters. The van der Waals surface area contributed by atoms with Crippen molar-refractivity contribution in [3.05, 3.63) is 136 Å². The monoisotopic (exact) mass is 750 g/mol. The van der Waals surface area contributed by atoms with Gasteiger partial charge in [-0.15, -0.1) is 0 Å². The Labute approximate surface area is 283 Å². The van der Waals surface area contributed by atoms with Gasteiger partial charge in [-0.3, -0.25) is 9.69 Å². The van der Waals surface area contributed by atoms with Crippen molar-refractivity contribution in [3.8, 4) is 5.75 Å². The number of carbonyl (C=O) groups excluding carboxylic acids is 1. The largest absolute Gasteiger partial charge is 0.494 e. The van der Waals surface area contributed by atoms with Gasteiger partial charge in [-0.25, -0.2) is 0 Å². The van der Waals surface area contributed by atoms with Crippen LogP contribution < -0.4 is 10.1 Å². The van der Waals surface area contributed by atoms with Gasteiger partial charge in [0.15, 0.2) is 0 Å². The second kappa shape index (κ2) is 18.8. The van der Waals surface area contributed by atoms with E-state index in [0.717, 1.165) is 22.8 Å². The molecule has 1 amide bonds. The third kappa shape index (κ3) is 11.7. The average Bonchev–Trinajstić information content (AvgIpc) is 3.04. The molecule has 4 aromatic rings. The first-order chi connectivity index (χ1) is 21.7. The summed E-state index contributed by atoms with van der Waals surface area (Å²) in [4.78, 5) is 16.1. The van der Waals surface area contributed by atoms with Gasteiger partial charge in [0.2, 0.25) is 5.91 Å². The molecule has 0 aromatic heterocycles. The topological polar surface area (TPSA) is 41.6 Å². The quantitative estimate of drug-likeness (QED) is 0.0795. The molecule has 0 atom stereocenters. The van der Waals surface area contributed by atoms with E-state index >= 15 is 0 Å². The number of ether oxygens (including phenoxy) is 1. The predicted octanol–water partition coefficient (Wildman–Crippen LogP) is 9.19. The van der Waals surface area contributed by atoms with Crippen LogP contribution in [0.15, 0.2) is 103 Å². The number of benzene rings is 4. The first-order valence-corrected chi connectivity index (χ1v) is 17.3. The lowest BCUT2D eigenvalue weighted by Gasteiger charge is -2.29. The molecule has 9 heteroatoms. The summed E-state index contributed by atoms with van der Waals surface area (Å²) in [5.41, 5.74) is 2.70. The molecule has 0 heterocycles. The van der Waals surface area contributed by atoms with Crippen molar-refractivity contribution >= 4 is 40.1 Å². The molecule has 45 heavy (non-hydrogen) atoms. The van der Waals surface area contributed by atoms with Gasteiger partial charge < -0.3 is 10.1 Å². The van der Waals surface area contributed by atoms with Crippen LogP contribution in [0.1, 0.15) is 47.1 Å². The van der Waals surface area contributed by atoms with Crippen molar-refractivity contribution in [1.29, 1.82) is 0 Å². The summed E-state index contributed by atoms with van der Waals surface area (Å²) < 4.78 is 46.9. The van der Waals surface area contributed by atoms with E-state index in [4.69, 9.17) is 16.3 Å². The lowest BCUT2D eigenvalue weighted by molar-refractivity contribution is -0.137. The lowest BCUT2D eigenvalue weighted by Crippen LogP contribution is -2.31. The first kappa shape index (κ1) is 36.4. The number of nitrogens with zero attached hydrogens (tertiary/aromatic N) is 1. The predicted molar refractivity (Wildman–Crippen MR) is 185 cm³/mol. The van der Waals surface area contributed by atoms with Crippen molar-refractivity contribution in [1.82, 2.24) is 10.2 Å². The number of carbonyl (C=O) groups is 1. The van der Waals surface area contributed by atoms with Crippen LogP contribution in [0.4, 0.5) is 13.2 Å². The number of rotatable bonds is 14. The second-order valence-electron chi connectivity index (χ2n) is 10.4. The van der Waals surface area contributed by atoms with E-state index in [9.17, 15) is 18.0 Å². The Hall–Kier alpha value is -3.08. The van der Waals surface area contributed by atoms with Crippen LogP contribution in [-0.2, 0) is 23.9 Å². The fraction of sp³-hybridized carbons (Fsp3) is 0.306. The highest BCUT2D eigenvalue weighted by atomic mass is 127. The van der Waals surface area contributed by atoms with Crippen molar-refractivity contribution in [2.75, 3.05) is 31.2 Å². The maximum Gasteiger partial charge on any atom is 0.417 e. The van der Waals surface area contributed by atoms with Crippen molar-refractivity contribution in [3.63, 3.8) is 0 Å². The Morgan fingerprint density at radius 1 is 0.911 bits per heavy atom. The van der Waals surface area contributed by atoms with Crippen LogP contribution in [0.2, 0.25) is 5.02 Å². The van der Waals surface area contributed by atoms with E-state index < -0.39 is 11.7 Å². The van der Waals surface area contributed by atoms with Gasteiger partial charge in [0.05, 0.1) is 23.6 Å². The molecule has 4 rings (SSSR count). The molecule has 4 aromatic carbocycles. The zero-order valence-corrected chi connectivity index (χ0v) is 28.4. The third-order valence-electron chi connectivity index (χ3n) is 7.15. The highest BCUT2D eigenvalue weighted by molar-refractivity contribution is 14.1.